The molecule has 4 rings (SSSR count). The van der Waals surface area contributed by atoms with Gasteiger partial charge in [-0.05, 0) is 49.2 Å². The summed E-state index contributed by atoms with van der Waals surface area (Å²) in [5, 5.41) is 4.35. The van der Waals surface area contributed by atoms with E-state index in [0.717, 1.165) is 43.0 Å². The van der Waals surface area contributed by atoms with E-state index in [9.17, 15) is 0 Å². The molecule has 28 heavy (non-hydrogen) atoms. The number of halogens is 1. The SMILES string of the molecule is CCc1cnc(Nc2nc(Sc3cccc(Cl)c3)nc(N3CCCCC3)n2)o1. The van der Waals surface area contributed by atoms with Crippen LogP contribution in [0.5, 0.6) is 0 Å². The molecule has 3 heterocycles. The van der Waals surface area contributed by atoms with E-state index in [1.807, 2.05) is 31.2 Å². The number of aryl methyl sites for hydroxylation is 1. The molecule has 1 fully saturated rings. The van der Waals surface area contributed by atoms with Crippen LogP contribution in [0.4, 0.5) is 17.9 Å². The number of piperidine rings is 1. The monoisotopic (exact) mass is 416 g/mol. The first kappa shape index (κ1) is 19.0. The molecule has 0 spiro atoms. The molecule has 146 valence electrons. The molecule has 0 aliphatic carbocycles. The van der Waals surface area contributed by atoms with Gasteiger partial charge in [-0.15, -0.1) is 0 Å². The van der Waals surface area contributed by atoms with Gasteiger partial charge >= 0.3 is 6.01 Å². The zero-order valence-electron chi connectivity index (χ0n) is 15.6. The first-order chi connectivity index (χ1) is 13.7. The second-order valence-electron chi connectivity index (χ2n) is 6.46. The van der Waals surface area contributed by atoms with Crippen molar-refractivity contribution in [1.29, 1.82) is 0 Å². The number of hydrogen-bond acceptors (Lipinski definition) is 8. The van der Waals surface area contributed by atoms with Crippen LogP contribution < -0.4 is 10.2 Å². The van der Waals surface area contributed by atoms with Crippen molar-refractivity contribution in [3.63, 3.8) is 0 Å². The van der Waals surface area contributed by atoms with Crippen molar-refractivity contribution in [2.75, 3.05) is 23.3 Å². The third-order valence-corrected chi connectivity index (χ3v) is 5.46. The van der Waals surface area contributed by atoms with Crippen LogP contribution in [0.25, 0.3) is 0 Å². The number of benzene rings is 1. The fourth-order valence-electron chi connectivity index (χ4n) is 2.94. The van der Waals surface area contributed by atoms with Gasteiger partial charge in [-0.25, -0.2) is 4.98 Å². The lowest BCUT2D eigenvalue weighted by atomic mass is 10.1. The van der Waals surface area contributed by atoms with Gasteiger partial charge in [0.1, 0.15) is 5.76 Å². The number of anilines is 3. The molecule has 0 atom stereocenters. The molecular formula is C19H21ClN6OS. The predicted octanol–water partition coefficient (Wildman–Crippen LogP) is 4.96. The Bertz CT molecular complexity index is 944. The molecule has 9 heteroatoms. The first-order valence-corrected chi connectivity index (χ1v) is 10.6. The van der Waals surface area contributed by atoms with E-state index in [1.54, 1.807) is 6.20 Å². The third-order valence-electron chi connectivity index (χ3n) is 4.37. The number of rotatable bonds is 6. The lowest BCUT2D eigenvalue weighted by Gasteiger charge is -2.26. The van der Waals surface area contributed by atoms with Crippen LogP contribution in [0, 0.1) is 0 Å². The number of nitrogens with one attached hydrogen (secondary N) is 1. The summed E-state index contributed by atoms with van der Waals surface area (Å²) in [6.45, 7) is 3.91. The molecule has 0 unspecified atom stereocenters. The fraction of sp³-hybridized carbons (Fsp3) is 0.368. The summed E-state index contributed by atoms with van der Waals surface area (Å²) >= 11 is 7.56. The van der Waals surface area contributed by atoms with Crippen molar-refractivity contribution in [2.45, 2.75) is 42.7 Å². The van der Waals surface area contributed by atoms with Crippen LogP contribution in [0.3, 0.4) is 0 Å². The van der Waals surface area contributed by atoms with Crippen molar-refractivity contribution in [3.05, 3.63) is 41.2 Å². The lowest BCUT2D eigenvalue weighted by molar-refractivity contribution is 0.526. The highest BCUT2D eigenvalue weighted by atomic mass is 35.5. The Labute approximate surface area is 173 Å². The molecule has 3 aromatic rings. The van der Waals surface area contributed by atoms with Crippen molar-refractivity contribution in [3.8, 4) is 0 Å². The zero-order chi connectivity index (χ0) is 19.3. The predicted molar refractivity (Wildman–Crippen MR) is 111 cm³/mol. The Balaban J connectivity index is 1.63. The van der Waals surface area contributed by atoms with Gasteiger partial charge in [-0.2, -0.15) is 15.0 Å². The molecule has 1 aliphatic heterocycles. The van der Waals surface area contributed by atoms with Crippen LogP contribution in [0.15, 0.2) is 44.9 Å². The molecule has 1 aliphatic rings. The highest BCUT2D eigenvalue weighted by molar-refractivity contribution is 7.99. The maximum Gasteiger partial charge on any atom is 0.301 e. The highest BCUT2D eigenvalue weighted by Gasteiger charge is 2.18. The molecule has 1 N–H and O–H groups in total. The Hall–Kier alpha value is -2.32. The second kappa shape index (κ2) is 8.79. The average Bonchev–Trinajstić information content (AvgIpc) is 3.16. The van der Waals surface area contributed by atoms with Gasteiger partial charge in [0, 0.05) is 29.4 Å². The summed E-state index contributed by atoms with van der Waals surface area (Å²) in [5.74, 6) is 1.90. The molecule has 1 aromatic carbocycles. The summed E-state index contributed by atoms with van der Waals surface area (Å²) in [6.07, 6.45) is 6.01. The van der Waals surface area contributed by atoms with E-state index in [-0.39, 0.29) is 0 Å². The molecule has 2 aromatic heterocycles. The standard InChI is InChI=1S/C19H21ClN6OS/c1-2-14-12-21-18(27-14)23-16-22-17(26-9-4-3-5-10-26)25-19(24-16)28-15-8-6-7-13(20)11-15/h6-8,11-12H,2-5,9-10H2,1H3,(H,21,22,23,24,25). The van der Waals surface area contributed by atoms with E-state index >= 15 is 0 Å². The van der Waals surface area contributed by atoms with Gasteiger partial charge in [0.05, 0.1) is 6.20 Å². The van der Waals surface area contributed by atoms with Gasteiger partial charge < -0.3 is 9.32 Å². The summed E-state index contributed by atoms with van der Waals surface area (Å²) in [5.41, 5.74) is 0. The second-order valence-corrected chi connectivity index (χ2v) is 7.94. The van der Waals surface area contributed by atoms with Crippen LogP contribution in [-0.2, 0) is 6.42 Å². The number of hydrogen-bond donors (Lipinski definition) is 1. The smallest absolute Gasteiger partial charge is 0.301 e. The van der Waals surface area contributed by atoms with Gasteiger partial charge in [-0.1, -0.05) is 24.6 Å². The molecule has 1 saturated heterocycles. The highest BCUT2D eigenvalue weighted by Crippen LogP contribution is 2.29. The molecule has 0 saturated carbocycles. The quantitative estimate of drug-likeness (QED) is 0.603. The normalized spacial score (nSPS) is 14.3. The van der Waals surface area contributed by atoms with E-state index in [4.69, 9.17) is 16.0 Å². The molecule has 7 nitrogen and oxygen atoms in total. The van der Waals surface area contributed by atoms with Crippen LogP contribution in [0.2, 0.25) is 5.02 Å². The Kier molecular flexibility index (Phi) is 5.97. The zero-order valence-corrected chi connectivity index (χ0v) is 17.1. The third kappa shape index (κ3) is 4.74. The van der Waals surface area contributed by atoms with Crippen molar-refractivity contribution >= 4 is 41.3 Å². The van der Waals surface area contributed by atoms with E-state index in [2.05, 4.69) is 30.2 Å². The maximum absolute atomic E-state index is 6.11. The van der Waals surface area contributed by atoms with Crippen molar-refractivity contribution in [2.24, 2.45) is 0 Å². The van der Waals surface area contributed by atoms with Crippen molar-refractivity contribution < 1.29 is 4.42 Å². The maximum atomic E-state index is 6.11. The molecular weight excluding hydrogens is 396 g/mol. The number of nitrogens with zero attached hydrogens (tertiary/aromatic N) is 5. The Morgan fingerprint density at radius 3 is 2.79 bits per heavy atom. The minimum atomic E-state index is 0.381. The van der Waals surface area contributed by atoms with Crippen LogP contribution >= 0.6 is 23.4 Å². The number of oxazole rings is 1. The minimum Gasteiger partial charge on any atom is -0.428 e. The average molecular weight is 417 g/mol. The summed E-state index contributed by atoms with van der Waals surface area (Å²) in [7, 11) is 0. The summed E-state index contributed by atoms with van der Waals surface area (Å²) in [4.78, 5) is 21.2. The van der Waals surface area contributed by atoms with Gasteiger partial charge in [0.25, 0.3) is 0 Å². The van der Waals surface area contributed by atoms with Crippen LogP contribution in [-0.4, -0.2) is 33.0 Å². The fourth-order valence-corrected chi connectivity index (χ4v) is 4.00. The van der Waals surface area contributed by atoms with Crippen molar-refractivity contribution in [1.82, 2.24) is 19.9 Å². The molecule has 0 bridgehead atoms. The van der Waals surface area contributed by atoms with Gasteiger partial charge in [-0.3, -0.25) is 5.32 Å². The Morgan fingerprint density at radius 1 is 1.18 bits per heavy atom. The van der Waals surface area contributed by atoms with E-state index in [0.29, 0.717) is 28.1 Å². The van der Waals surface area contributed by atoms with E-state index in [1.165, 1.54) is 18.2 Å². The minimum absolute atomic E-state index is 0.381. The Morgan fingerprint density at radius 2 is 2.04 bits per heavy atom. The van der Waals surface area contributed by atoms with E-state index < -0.39 is 0 Å². The van der Waals surface area contributed by atoms with Crippen LogP contribution in [0.1, 0.15) is 31.9 Å². The summed E-state index contributed by atoms with van der Waals surface area (Å²) in [6, 6.07) is 8.02. The summed E-state index contributed by atoms with van der Waals surface area (Å²) < 4.78 is 5.64. The molecule has 0 radical (unpaired) electrons. The molecule has 0 amide bonds. The topological polar surface area (TPSA) is 80.0 Å². The largest absolute Gasteiger partial charge is 0.428 e. The van der Waals surface area contributed by atoms with Gasteiger partial charge in [0.15, 0.2) is 5.16 Å². The first-order valence-electron chi connectivity index (χ1n) is 9.36. The lowest BCUT2D eigenvalue weighted by Crippen LogP contribution is -2.31. The van der Waals surface area contributed by atoms with Gasteiger partial charge in [0.2, 0.25) is 11.9 Å². The number of aromatic nitrogens is 4.